The molecule has 106 valence electrons. The van der Waals surface area contributed by atoms with Crippen LogP contribution in [0.1, 0.15) is 5.56 Å². The van der Waals surface area contributed by atoms with Gasteiger partial charge in [0.15, 0.2) is 0 Å². The Bertz CT molecular complexity index is 903. The van der Waals surface area contributed by atoms with Gasteiger partial charge in [0, 0.05) is 16.1 Å². The Hall–Kier alpha value is -2.58. The molecule has 22 heavy (non-hydrogen) atoms. The molecule has 0 saturated heterocycles. The summed E-state index contributed by atoms with van der Waals surface area (Å²) in [7, 11) is 0. The van der Waals surface area contributed by atoms with E-state index in [0.717, 1.165) is 27.8 Å². The van der Waals surface area contributed by atoms with Crippen LogP contribution >= 0.6 is 11.6 Å². The molecule has 1 aliphatic rings. The Morgan fingerprint density at radius 1 is 0.864 bits per heavy atom. The Labute approximate surface area is 133 Å². The van der Waals surface area contributed by atoms with Crippen LogP contribution in [0.4, 0.5) is 11.4 Å². The van der Waals surface area contributed by atoms with E-state index in [1.165, 1.54) is 10.8 Å². The minimum absolute atomic E-state index is 0.742. The summed E-state index contributed by atoms with van der Waals surface area (Å²) in [6.45, 7) is 0. The standard InChI is InChI=1S/C19H13ClN2/c20-15-10-7-13(8-11-15)9-12-18-21-16-5-1-3-14-4-2-6-17(22-18)19(14)16/h1-12H,(H,21,22). The molecular weight excluding hydrogens is 292 g/mol. The van der Waals surface area contributed by atoms with E-state index in [4.69, 9.17) is 11.6 Å². The SMILES string of the molecule is Clc1ccc(C=CC2=Nc3cccc4cccc(c34)N2)cc1. The monoisotopic (exact) mass is 304 g/mol. The summed E-state index contributed by atoms with van der Waals surface area (Å²) in [5.74, 6) is 0.834. The molecule has 0 atom stereocenters. The fourth-order valence-electron chi connectivity index (χ4n) is 2.64. The molecule has 3 aromatic carbocycles. The molecule has 2 nitrogen and oxygen atoms in total. The van der Waals surface area contributed by atoms with Gasteiger partial charge in [0.1, 0.15) is 5.84 Å². The van der Waals surface area contributed by atoms with Crippen molar-refractivity contribution in [3.63, 3.8) is 0 Å². The Balaban J connectivity index is 1.71. The summed E-state index contributed by atoms with van der Waals surface area (Å²) in [4.78, 5) is 4.69. The summed E-state index contributed by atoms with van der Waals surface area (Å²) < 4.78 is 0. The molecule has 1 aliphatic heterocycles. The number of aliphatic imine (C=N–C) groups is 1. The summed E-state index contributed by atoms with van der Waals surface area (Å²) in [6.07, 6.45) is 4.01. The van der Waals surface area contributed by atoms with Crippen LogP contribution in [0, 0.1) is 0 Å². The highest BCUT2D eigenvalue weighted by molar-refractivity contribution is 6.30. The fourth-order valence-corrected chi connectivity index (χ4v) is 2.77. The lowest BCUT2D eigenvalue weighted by Gasteiger charge is -2.17. The predicted octanol–water partition coefficient (Wildman–Crippen LogP) is 5.66. The van der Waals surface area contributed by atoms with Crippen LogP contribution in [0.3, 0.4) is 0 Å². The first-order valence-electron chi connectivity index (χ1n) is 7.11. The zero-order chi connectivity index (χ0) is 14.9. The zero-order valence-electron chi connectivity index (χ0n) is 11.8. The highest BCUT2D eigenvalue weighted by atomic mass is 35.5. The maximum Gasteiger partial charge on any atom is 0.131 e. The third kappa shape index (κ3) is 2.38. The normalized spacial score (nSPS) is 13.2. The smallest absolute Gasteiger partial charge is 0.131 e. The molecule has 0 spiro atoms. The summed E-state index contributed by atoms with van der Waals surface area (Å²) in [5, 5.41) is 6.50. The summed E-state index contributed by atoms with van der Waals surface area (Å²) >= 11 is 5.90. The number of anilines is 1. The van der Waals surface area contributed by atoms with Gasteiger partial charge in [-0.3, -0.25) is 0 Å². The molecular formula is C19H13ClN2. The van der Waals surface area contributed by atoms with Gasteiger partial charge in [0.2, 0.25) is 0 Å². The molecule has 0 fully saturated rings. The van der Waals surface area contributed by atoms with E-state index in [1.807, 2.05) is 48.6 Å². The molecule has 0 amide bonds. The van der Waals surface area contributed by atoms with Crippen LogP contribution < -0.4 is 5.32 Å². The molecule has 0 saturated carbocycles. The van der Waals surface area contributed by atoms with Crippen molar-refractivity contribution in [1.82, 2.24) is 0 Å². The van der Waals surface area contributed by atoms with Crippen LogP contribution in [0.15, 0.2) is 71.7 Å². The van der Waals surface area contributed by atoms with Gasteiger partial charge in [-0.2, -0.15) is 0 Å². The van der Waals surface area contributed by atoms with Crippen molar-refractivity contribution in [2.45, 2.75) is 0 Å². The van der Waals surface area contributed by atoms with Crippen LogP contribution in [-0.4, -0.2) is 5.84 Å². The van der Waals surface area contributed by atoms with Gasteiger partial charge in [0.25, 0.3) is 0 Å². The first-order valence-corrected chi connectivity index (χ1v) is 7.48. The van der Waals surface area contributed by atoms with Crippen molar-refractivity contribution in [2.75, 3.05) is 5.32 Å². The molecule has 0 radical (unpaired) electrons. The number of hydrogen-bond acceptors (Lipinski definition) is 2. The quantitative estimate of drug-likeness (QED) is 0.649. The van der Waals surface area contributed by atoms with E-state index in [9.17, 15) is 0 Å². The lowest BCUT2D eigenvalue weighted by molar-refractivity contribution is 1.49. The average molecular weight is 305 g/mol. The van der Waals surface area contributed by atoms with Crippen LogP contribution in [0.2, 0.25) is 5.02 Å². The van der Waals surface area contributed by atoms with Gasteiger partial charge >= 0.3 is 0 Å². The Kier molecular flexibility index (Phi) is 3.17. The molecule has 0 aromatic heterocycles. The molecule has 3 aromatic rings. The maximum absolute atomic E-state index is 5.90. The largest absolute Gasteiger partial charge is 0.340 e. The van der Waals surface area contributed by atoms with Crippen molar-refractivity contribution in [2.24, 2.45) is 4.99 Å². The number of rotatable bonds is 2. The van der Waals surface area contributed by atoms with Gasteiger partial charge < -0.3 is 5.32 Å². The average Bonchev–Trinajstić information content (AvgIpc) is 2.55. The number of hydrogen-bond donors (Lipinski definition) is 1. The molecule has 3 heteroatoms. The first kappa shape index (κ1) is 13.1. The van der Waals surface area contributed by atoms with Gasteiger partial charge in [-0.1, -0.05) is 54.1 Å². The van der Waals surface area contributed by atoms with Crippen molar-refractivity contribution < 1.29 is 0 Å². The molecule has 0 aliphatic carbocycles. The van der Waals surface area contributed by atoms with E-state index in [0.29, 0.717) is 0 Å². The second-order valence-electron chi connectivity index (χ2n) is 5.19. The van der Waals surface area contributed by atoms with Gasteiger partial charge in [-0.15, -0.1) is 0 Å². The van der Waals surface area contributed by atoms with Crippen molar-refractivity contribution in [1.29, 1.82) is 0 Å². The van der Waals surface area contributed by atoms with Crippen LogP contribution in [0.25, 0.3) is 16.8 Å². The van der Waals surface area contributed by atoms with Gasteiger partial charge in [0.05, 0.1) is 5.69 Å². The van der Waals surface area contributed by atoms with Crippen LogP contribution in [-0.2, 0) is 0 Å². The topological polar surface area (TPSA) is 24.4 Å². The van der Waals surface area contributed by atoms with E-state index in [1.54, 1.807) is 0 Å². The number of nitrogens with zero attached hydrogens (tertiary/aromatic N) is 1. The number of benzene rings is 3. The number of amidine groups is 1. The third-order valence-electron chi connectivity index (χ3n) is 3.69. The summed E-state index contributed by atoms with van der Waals surface area (Å²) in [5.41, 5.74) is 3.19. The zero-order valence-corrected chi connectivity index (χ0v) is 12.5. The van der Waals surface area contributed by atoms with E-state index in [-0.39, 0.29) is 0 Å². The van der Waals surface area contributed by atoms with E-state index in [2.05, 4.69) is 34.6 Å². The van der Waals surface area contributed by atoms with E-state index >= 15 is 0 Å². The number of nitrogens with one attached hydrogen (secondary N) is 1. The van der Waals surface area contributed by atoms with E-state index < -0.39 is 0 Å². The first-order chi connectivity index (χ1) is 10.8. The lowest BCUT2D eigenvalue weighted by atomic mass is 10.1. The lowest BCUT2D eigenvalue weighted by Crippen LogP contribution is -2.11. The third-order valence-corrected chi connectivity index (χ3v) is 3.94. The fraction of sp³-hybridized carbons (Fsp3) is 0. The van der Waals surface area contributed by atoms with Crippen LogP contribution in [0.5, 0.6) is 0 Å². The molecule has 1 heterocycles. The second kappa shape index (κ2) is 5.32. The maximum atomic E-state index is 5.90. The Morgan fingerprint density at radius 3 is 2.45 bits per heavy atom. The highest BCUT2D eigenvalue weighted by Gasteiger charge is 2.11. The van der Waals surface area contributed by atoms with Gasteiger partial charge in [-0.05, 0) is 41.3 Å². The minimum Gasteiger partial charge on any atom is -0.340 e. The molecule has 1 N–H and O–H groups in total. The summed E-state index contributed by atoms with van der Waals surface area (Å²) in [6, 6.07) is 20.2. The predicted molar refractivity (Wildman–Crippen MR) is 95.2 cm³/mol. The minimum atomic E-state index is 0.742. The van der Waals surface area contributed by atoms with Gasteiger partial charge in [-0.25, -0.2) is 4.99 Å². The number of halogens is 1. The molecule has 0 bridgehead atoms. The Morgan fingerprint density at radius 2 is 1.64 bits per heavy atom. The second-order valence-corrected chi connectivity index (χ2v) is 5.62. The highest BCUT2D eigenvalue weighted by Crippen LogP contribution is 2.35. The van der Waals surface area contributed by atoms with Crippen molar-refractivity contribution >= 4 is 45.7 Å². The van der Waals surface area contributed by atoms with Crippen molar-refractivity contribution in [3.05, 3.63) is 77.3 Å². The molecule has 4 rings (SSSR count). The molecule has 0 unspecified atom stereocenters. The van der Waals surface area contributed by atoms with Crippen molar-refractivity contribution in [3.8, 4) is 0 Å².